The zero-order valence-corrected chi connectivity index (χ0v) is 10.2. The van der Waals surface area contributed by atoms with Crippen LogP contribution in [-0.4, -0.2) is 26.9 Å². The van der Waals surface area contributed by atoms with E-state index in [0.29, 0.717) is 6.61 Å². The zero-order valence-electron chi connectivity index (χ0n) is 10.2. The number of hydrogen-bond acceptors (Lipinski definition) is 3. The summed E-state index contributed by atoms with van der Waals surface area (Å²) >= 11 is 0. The van der Waals surface area contributed by atoms with E-state index in [1.807, 2.05) is 6.07 Å². The van der Waals surface area contributed by atoms with E-state index in [-0.39, 0.29) is 5.54 Å². The normalized spacial score (nSPS) is 25.4. The minimum atomic E-state index is -0.143. The Bertz CT molecular complexity index is 370. The van der Waals surface area contributed by atoms with Crippen LogP contribution in [0.5, 0.6) is 5.75 Å². The lowest BCUT2D eigenvalue weighted by Crippen LogP contribution is -2.49. The van der Waals surface area contributed by atoms with E-state index in [1.165, 1.54) is 11.1 Å². The van der Waals surface area contributed by atoms with Crippen molar-refractivity contribution >= 4 is 0 Å². The summed E-state index contributed by atoms with van der Waals surface area (Å²) in [4.78, 5) is 0. The average molecular weight is 221 g/mol. The lowest BCUT2D eigenvalue weighted by molar-refractivity contribution is 0.0328. The van der Waals surface area contributed by atoms with Crippen molar-refractivity contribution < 1.29 is 9.47 Å². The molecule has 0 aliphatic carbocycles. The molecule has 1 heterocycles. The van der Waals surface area contributed by atoms with Gasteiger partial charge in [0, 0.05) is 12.1 Å². The first kappa shape index (κ1) is 11.4. The van der Waals surface area contributed by atoms with Gasteiger partial charge in [-0.3, -0.25) is 0 Å². The van der Waals surface area contributed by atoms with E-state index in [9.17, 15) is 0 Å². The molecule has 88 valence electrons. The molecule has 1 fully saturated rings. The Kier molecular flexibility index (Phi) is 3.17. The number of nitrogens with one attached hydrogen (secondary N) is 1. The smallest absolute Gasteiger partial charge is 0.124 e. The van der Waals surface area contributed by atoms with Crippen molar-refractivity contribution in [2.24, 2.45) is 0 Å². The number of methoxy groups -OCH3 is 1. The van der Waals surface area contributed by atoms with Gasteiger partial charge in [0.05, 0.1) is 25.9 Å². The van der Waals surface area contributed by atoms with Crippen LogP contribution in [0.15, 0.2) is 18.2 Å². The van der Waals surface area contributed by atoms with Crippen molar-refractivity contribution in [2.75, 3.05) is 26.9 Å². The van der Waals surface area contributed by atoms with E-state index in [4.69, 9.17) is 9.47 Å². The van der Waals surface area contributed by atoms with Gasteiger partial charge in [0.1, 0.15) is 5.75 Å². The minimum Gasteiger partial charge on any atom is -0.496 e. The van der Waals surface area contributed by atoms with E-state index in [1.54, 1.807) is 7.11 Å². The van der Waals surface area contributed by atoms with Gasteiger partial charge in [0.2, 0.25) is 0 Å². The van der Waals surface area contributed by atoms with Crippen molar-refractivity contribution in [1.82, 2.24) is 5.32 Å². The van der Waals surface area contributed by atoms with E-state index in [2.05, 4.69) is 31.3 Å². The Morgan fingerprint density at radius 2 is 2.25 bits per heavy atom. The van der Waals surface area contributed by atoms with Gasteiger partial charge in [-0.15, -0.1) is 0 Å². The van der Waals surface area contributed by atoms with Crippen molar-refractivity contribution in [2.45, 2.75) is 19.4 Å². The molecule has 16 heavy (non-hydrogen) atoms. The standard InChI is InChI=1S/C13H19NO2/c1-10-4-5-12(15-3)11(8-10)13(2)9-16-7-6-14-13/h4-5,8,14H,6-7,9H2,1-3H3. The van der Waals surface area contributed by atoms with Crippen molar-refractivity contribution in [3.63, 3.8) is 0 Å². The van der Waals surface area contributed by atoms with E-state index < -0.39 is 0 Å². The molecule has 2 rings (SSSR count). The van der Waals surface area contributed by atoms with Crippen molar-refractivity contribution in [1.29, 1.82) is 0 Å². The van der Waals surface area contributed by atoms with Gasteiger partial charge in [-0.1, -0.05) is 17.7 Å². The molecular formula is C13H19NO2. The second kappa shape index (κ2) is 4.44. The third kappa shape index (κ3) is 2.06. The van der Waals surface area contributed by atoms with Crippen LogP contribution in [0.1, 0.15) is 18.1 Å². The molecule has 0 saturated carbocycles. The summed E-state index contributed by atoms with van der Waals surface area (Å²) in [6, 6.07) is 6.25. The number of rotatable bonds is 2. The molecule has 1 aliphatic rings. The van der Waals surface area contributed by atoms with E-state index >= 15 is 0 Å². The van der Waals surface area contributed by atoms with Crippen LogP contribution in [0.3, 0.4) is 0 Å². The molecule has 1 aromatic carbocycles. The quantitative estimate of drug-likeness (QED) is 0.826. The lowest BCUT2D eigenvalue weighted by Gasteiger charge is -2.36. The second-order valence-electron chi connectivity index (χ2n) is 4.52. The maximum Gasteiger partial charge on any atom is 0.124 e. The first-order valence-corrected chi connectivity index (χ1v) is 5.63. The maximum absolute atomic E-state index is 5.56. The SMILES string of the molecule is COc1ccc(C)cc1C1(C)COCCN1. The van der Waals surface area contributed by atoms with Gasteiger partial charge >= 0.3 is 0 Å². The highest BCUT2D eigenvalue weighted by Crippen LogP contribution is 2.32. The lowest BCUT2D eigenvalue weighted by atomic mass is 9.90. The molecule has 0 amide bonds. The van der Waals surface area contributed by atoms with Crippen LogP contribution in [0.25, 0.3) is 0 Å². The van der Waals surface area contributed by atoms with Crippen LogP contribution in [-0.2, 0) is 10.3 Å². The third-order valence-corrected chi connectivity index (χ3v) is 3.10. The number of aryl methyl sites for hydroxylation is 1. The molecule has 0 spiro atoms. The molecule has 1 N–H and O–H groups in total. The summed E-state index contributed by atoms with van der Waals surface area (Å²) in [6.07, 6.45) is 0. The van der Waals surface area contributed by atoms with Gasteiger partial charge in [-0.2, -0.15) is 0 Å². The Hall–Kier alpha value is -1.06. The summed E-state index contributed by atoms with van der Waals surface area (Å²) in [5, 5.41) is 3.51. The first-order valence-electron chi connectivity index (χ1n) is 5.63. The van der Waals surface area contributed by atoms with Crippen LogP contribution < -0.4 is 10.1 Å². The zero-order chi connectivity index (χ0) is 11.6. The van der Waals surface area contributed by atoms with Crippen LogP contribution in [0.2, 0.25) is 0 Å². The molecule has 0 radical (unpaired) electrons. The number of ether oxygens (including phenoxy) is 2. The van der Waals surface area contributed by atoms with Gasteiger partial charge in [-0.05, 0) is 19.9 Å². The summed E-state index contributed by atoms with van der Waals surface area (Å²) in [5.74, 6) is 0.922. The predicted molar refractivity (Wildman–Crippen MR) is 63.9 cm³/mol. The number of morpholine rings is 1. The second-order valence-corrected chi connectivity index (χ2v) is 4.52. The van der Waals surface area contributed by atoms with Crippen LogP contribution >= 0.6 is 0 Å². The van der Waals surface area contributed by atoms with Crippen molar-refractivity contribution in [3.8, 4) is 5.75 Å². The van der Waals surface area contributed by atoms with E-state index in [0.717, 1.165) is 18.9 Å². The summed E-state index contributed by atoms with van der Waals surface area (Å²) in [6.45, 7) is 6.60. The Morgan fingerprint density at radius 3 is 2.88 bits per heavy atom. The van der Waals surface area contributed by atoms with Crippen LogP contribution in [0.4, 0.5) is 0 Å². The van der Waals surface area contributed by atoms with Gasteiger partial charge < -0.3 is 14.8 Å². The fourth-order valence-electron chi connectivity index (χ4n) is 2.15. The molecular weight excluding hydrogens is 202 g/mol. The third-order valence-electron chi connectivity index (χ3n) is 3.10. The maximum atomic E-state index is 5.56. The molecule has 3 nitrogen and oxygen atoms in total. The monoisotopic (exact) mass is 221 g/mol. The average Bonchev–Trinajstić information content (AvgIpc) is 2.30. The van der Waals surface area contributed by atoms with Crippen molar-refractivity contribution in [3.05, 3.63) is 29.3 Å². The number of benzene rings is 1. The summed E-state index contributed by atoms with van der Waals surface area (Å²) in [7, 11) is 1.71. The highest BCUT2D eigenvalue weighted by molar-refractivity contribution is 5.42. The molecule has 0 bridgehead atoms. The number of hydrogen-bond donors (Lipinski definition) is 1. The Labute approximate surface area is 96.8 Å². The molecule has 0 aromatic heterocycles. The Morgan fingerprint density at radius 1 is 1.44 bits per heavy atom. The molecule has 1 atom stereocenters. The first-order chi connectivity index (χ1) is 7.65. The molecule has 1 unspecified atom stereocenters. The minimum absolute atomic E-state index is 0.143. The summed E-state index contributed by atoms with van der Waals surface area (Å²) < 4.78 is 11.0. The Balaban J connectivity index is 2.40. The van der Waals surface area contributed by atoms with Gasteiger partial charge in [0.25, 0.3) is 0 Å². The topological polar surface area (TPSA) is 30.5 Å². The van der Waals surface area contributed by atoms with Gasteiger partial charge in [-0.25, -0.2) is 0 Å². The summed E-state index contributed by atoms with van der Waals surface area (Å²) in [5.41, 5.74) is 2.27. The molecule has 1 aliphatic heterocycles. The molecule has 1 aromatic rings. The highest BCUT2D eigenvalue weighted by atomic mass is 16.5. The van der Waals surface area contributed by atoms with Crippen LogP contribution in [0, 0.1) is 6.92 Å². The predicted octanol–water partition coefficient (Wildman–Crippen LogP) is 1.84. The highest BCUT2D eigenvalue weighted by Gasteiger charge is 2.31. The largest absolute Gasteiger partial charge is 0.496 e. The fourth-order valence-corrected chi connectivity index (χ4v) is 2.15. The molecule has 1 saturated heterocycles. The molecule has 3 heteroatoms. The fraction of sp³-hybridized carbons (Fsp3) is 0.538. The van der Waals surface area contributed by atoms with Gasteiger partial charge in [0.15, 0.2) is 0 Å².